The molecule has 1 aliphatic carbocycles. The van der Waals surface area contributed by atoms with Crippen molar-refractivity contribution < 1.29 is 9.90 Å². The second-order valence-electron chi connectivity index (χ2n) is 5.01. The summed E-state index contributed by atoms with van der Waals surface area (Å²) in [7, 11) is 3.67. The molecule has 2 aliphatic rings. The van der Waals surface area contributed by atoms with Crippen LogP contribution in [0.1, 0.15) is 25.7 Å². The van der Waals surface area contributed by atoms with E-state index in [-0.39, 0.29) is 12.1 Å². The first-order valence-corrected chi connectivity index (χ1v) is 5.96. The first-order valence-electron chi connectivity index (χ1n) is 5.96. The lowest BCUT2D eigenvalue weighted by Gasteiger charge is -2.44. The number of nitrogens with zero attached hydrogens (tertiary/aromatic N) is 3. The Hall–Kier alpha value is -0.810. The minimum atomic E-state index is -0.113. The van der Waals surface area contributed by atoms with Crippen LogP contribution in [-0.2, 0) is 0 Å². The Bertz CT molecular complexity index is 250. The van der Waals surface area contributed by atoms with Crippen molar-refractivity contribution in [3.05, 3.63) is 0 Å². The Morgan fingerprint density at radius 2 is 1.56 bits per heavy atom. The number of urea groups is 1. The van der Waals surface area contributed by atoms with Gasteiger partial charge in [-0.05, 0) is 25.7 Å². The molecule has 0 unspecified atom stereocenters. The van der Waals surface area contributed by atoms with Crippen LogP contribution < -0.4 is 0 Å². The van der Waals surface area contributed by atoms with Crippen LogP contribution in [0.5, 0.6) is 0 Å². The second kappa shape index (κ2) is 4.59. The highest BCUT2D eigenvalue weighted by atomic mass is 16.3. The van der Waals surface area contributed by atoms with Crippen LogP contribution in [0.4, 0.5) is 4.79 Å². The number of amides is 2. The minimum absolute atomic E-state index is 0.0899. The van der Waals surface area contributed by atoms with Crippen LogP contribution in [-0.4, -0.2) is 65.4 Å². The van der Waals surface area contributed by atoms with Crippen molar-refractivity contribution in [1.29, 1.82) is 0 Å². The van der Waals surface area contributed by atoms with Gasteiger partial charge >= 0.3 is 6.03 Å². The SMILES string of the molecule is CN1CN([C@H]2CC[C@H](O)CC2)CN(C)C1=O. The van der Waals surface area contributed by atoms with E-state index in [0.29, 0.717) is 19.4 Å². The van der Waals surface area contributed by atoms with Gasteiger partial charge in [0.2, 0.25) is 0 Å². The van der Waals surface area contributed by atoms with Crippen LogP contribution >= 0.6 is 0 Å². The van der Waals surface area contributed by atoms with Gasteiger partial charge in [0, 0.05) is 20.1 Å². The predicted octanol–water partition coefficient (Wildman–Crippen LogP) is 0.504. The molecule has 0 aromatic rings. The summed E-state index contributed by atoms with van der Waals surface area (Å²) in [5, 5.41) is 9.48. The summed E-state index contributed by atoms with van der Waals surface area (Å²) in [5.74, 6) is 0. The average molecular weight is 227 g/mol. The van der Waals surface area contributed by atoms with Crippen LogP contribution in [0.2, 0.25) is 0 Å². The third-order valence-electron chi connectivity index (χ3n) is 3.62. The van der Waals surface area contributed by atoms with E-state index in [1.807, 2.05) is 14.1 Å². The van der Waals surface area contributed by atoms with Gasteiger partial charge in [-0.1, -0.05) is 0 Å². The van der Waals surface area contributed by atoms with Crippen molar-refractivity contribution in [1.82, 2.24) is 14.7 Å². The smallest absolute Gasteiger partial charge is 0.321 e. The van der Waals surface area contributed by atoms with E-state index in [1.165, 1.54) is 0 Å². The van der Waals surface area contributed by atoms with E-state index in [1.54, 1.807) is 9.80 Å². The molecular formula is C11H21N3O2. The molecular weight excluding hydrogens is 206 g/mol. The summed E-state index contributed by atoms with van der Waals surface area (Å²) in [6.45, 7) is 1.42. The van der Waals surface area contributed by atoms with Crippen molar-refractivity contribution in [3.63, 3.8) is 0 Å². The van der Waals surface area contributed by atoms with E-state index in [4.69, 9.17) is 0 Å². The number of hydrogen-bond acceptors (Lipinski definition) is 3. The molecule has 1 aliphatic heterocycles. The lowest BCUT2D eigenvalue weighted by atomic mass is 9.92. The fourth-order valence-electron chi connectivity index (χ4n) is 2.66. The maximum absolute atomic E-state index is 11.6. The molecule has 92 valence electrons. The number of hydrogen-bond donors (Lipinski definition) is 1. The van der Waals surface area contributed by atoms with Crippen molar-refractivity contribution in [2.75, 3.05) is 27.4 Å². The van der Waals surface area contributed by atoms with E-state index in [9.17, 15) is 9.90 Å². The molecule has 2 amide bonds. The summed E-state index contributed by atoms with van der Waals surface area (Å²) < 4.78 is 0. The highest BCUT2D eigenvalue weighted by Crippen LogP contribution is 2.24. The Kier molecular flexibility index (Phi) is 3.35. The van der Waals surface area contributed by atoms with Crippen molar-refractivity contribution in [2.45, 2.75) is 37.8 Å². The standard InChI is InChI=1S/C11H21N3O2/c1-12-7-14(8-13(2)11(12)16)9-3-5-10(15)6-4-9/h9-10,15H,3-8H2,1-2H3/t9-,10-. The Balaban J connectivity index is 1.93. The highest BCUT2D eigenvalue weighted by Gasteiger charge is 2.31. The molecule has 0 spiro atoms. The van der Waals surface area contributed by atoms with E-state index >= 15 is 0 Å². The first-order chi connectivity index (χ1) is 7.58. The zero-order chi connectivity index (χ0) is 11.7. The zero-order valence-corrected chi connectivity index (χ0v) is 10.1. The summed E-state index contributed by atoms with van der Waals surface area (Å²) in [4.78, 5) is 17.4. The highest BCUT2D eigenvalue weighted by molar-refractivity contribution is 5.74. The summed E-state index contributed by atoms with van der Waals surface area (Å²) in [6.07, 6.45) is 3.75. The van der Waals surface area contributed by atoms with Gasteiger partial charge in [0.15, 0.2) is 0 Å². The van der Waals surface area contributed by atoms with Crippen molar-refractivity contribution in [2.24, 2.45) is 0 Å². The molecule has 1 saturated heterocycles. The van der Waals surface area contributed by atoms with Crippen LogP contribution in [0.15, 0.2) is 0 Å². The molecule has 1 saturated carbocycles. The molecule has 5 nitrogen and oxygen atoms in total. The Morgan fingerprint density at radius 1 is 1.06 bits per heavy atom. The molecule has 1 N–H and O–H groups in total. The lowest BCUT2D eigenvalue weighted by molar-refractivity contribution is 0.000725. The third-order valence-corrected chi connectivity index (χ3v) is 3.62. The minimum Gasteiger partial charge on any atom is -0.393 e. The Labute approximate surface area is 96.6 Å². The molecule has 16 heavy (non-hydrogen) atoms. The van der Waals surface area contributed by atoms with Crippen molar-refractivity contribution >= 4 is 6.03 Å². The van der Waals surface area contributed by atoms with Gasteiger partial charge < -0.3 is 14.9 Å². The topological polar surface area (TPSA) is 47.0 Å². The number of aliphatic hydroxyl groups is 1. The summed E-state index contributed by atoms with van der Waals surface area (Å²) >= 11 is 0. The zero-order valence-electron chi connectivity index (χ0n) is 10.1. The van der Waals surface area contributed by atoms with Gasteiger partial charge in [0.05, 0.1) is 19.4 Å². The van der Waals surface area contributed by atoms with Gasteiger partial charge in [-0.15, -0.1) is 0 Å². The molecule has 0 radical (unpaired) electrons. The Morgan fingerprint density at radius 3 is 2.06 bits per heavy atom. The summed E-state index contributed by atoms with van der Waals surface area (Å²) in [6, 6.07) is 0.605. The largest absolute Gasteiger partial charge is 0.393 e. The normalized spacial score (nSPS) is 33.3. The van der Waals surface area contributed by atoms with Crippen molar-refractivity contribution in [3.8, 4) is 0 Å². The van der Waals surface area contributed by atoms with E-state index in [2.05, 4.69) is 4.90 Å². The number of carbonyl (C=O) groups is 1. The van der Waals surface area contributed by atoms with Crippen LogP contribution in [0, 0.1) is 0 Å². The fourth-order valence-corrected chi connectivity index (χ4v) is 2.66. The average Bonchev–Trinajstić information content (AvgIpc) is 2.26. The van der Waals surface area contributed by atoms with Crippen LogP contribution in [0.25, 0.3) is 0 Å². The molecule has 0 atom stereocenters. The maximum atomic E-state index is 11.6. The second-order valence-corrected chi connectivity index (χ2v) is 5.01. The van der Waals surface area contributed by atoms with E-state index < -0.39 is 0 Å². The number of aliphatic hydroxyl groups excluding tert-OH is 1. The number of rotatable bonds is 1. The molecule has 5 heteroatoms. The molecule has 2 fully saturated rings. The van der Waals surface area contributed by atoms with Crippen LogP contribution in [0.3, 0.4) is 0 Å². The maximum Gasteiger partial charge on any atom is 0.321 e. The van der Waals surface area contributed by atoms with Gasteiger partial charge in [-0.2, -0.15) is 0 Å². The van der Waals surface area contributed by atoms with Gasteiger partial charge in [0.25, 0.3) is 0 Å². The van der Waals surface area contributed by atoms with Gasteiger partial charge in [-0.25, -0.2) is 4.79 Å². The molecule has 1 heterocycles. The molecule has 0 aromatic carbocycles. The first kappa shape index (κ1) is 11.7. The molecule has 0 bridgehead atoms. The van der Waals surface area contributed by atoms with Gasteiger partial charge in [-0.3, -0.25) is 4.90 Å². The van der Waals surface area contributed by atoms with E-state index in [0.717, 1.165) is 25.7 Å². The lowest BCUT2D eigenvalue weighted by Crippen LogP contribution is -2.58. The summed E-state index contributed by atoms with van der Waals surface area (Å²) in [5.41, 5.74) is 0. The predicted molar refractivity (Wildman–Crippen MR) is 60.8 cm³/mol. The quantitative estimate of drug-likeness (QED) is 0.710. The monoisotopic (exact) mass is 227 g/mol. The molecule has 0 aromatic heterocycles. The fraction of sp³-hybridized carbons (Fsp3) is 0.909. The van der Waals surface area contributed by atoms with Gasteiger partial charge in [0.1, 0.15) is 0 Å². The number of carbonyl (C=O) groups excluding carboxylic acids is 1. The molecule has 2 rings (SSSR count). The third kappa shape index (κ3) is 2.30.